The SMILES string of the molecule is CCc1ccc(N2CCN(C(=O)c3ccc(C)c(C)c3)CC2)cc1. The van der Waals surface area contributed by atoms with E-state index in [-0.39, 0.29) is 5.91 Å². The maximum absolute atomic E-state index is 12.7. The number of nitrogens with zero attached hydrogens (tertiary/aromatic N) is 2. The fourth-order valence-corrected chi connectivity index (χ4v) is 3.17. The highest BCUT2D eigenvalue weighted by Gasteiger charge is 2.22. The molecule has 0 N–H and O–H groups in total. The van der Waals surface area contributed by atoms with Crippen LogP contribution in [0, 0.1) is 13.8 Å². The highest BCUT2D eigenvalue weighted by Crippen LogP contribution is 2.19. The molecule has 1 aliphatic rings. The molecule has 1 saturated heterocycles. The minimum absolute atomic E-state index is 0.152. The average molecular weight is 322 g/mol. The Kier molecular flexibility index (Phi) is 4.89. The summed E-state index contributed by atoms with van der Waals surface area (Å²) in [5.41, 5.74) is 5.83. The van der Waals surface area contributed by atoms with Crippen molar-refractivity contribution in [2.75, 3.05) is 31.1 Å². The van der Waals surface area contributed by atoms with Crippen LogP contribution in [-0.2, 0) is 6.42 Å². The fraction of sp³-hybridized carbons (Fsp3) is 0.381. The van der Waals surface area contributed by atoms with Gasteiger partial charge in [0.05, 0.1) is 0 Å². The van der Waals surface area contributed by atoms with E-state index in [4.69, 9.17) is 0 Å². The van der Waals surface area contributed by atoms with Crippen molar-refractivity contribution in [1.82, 2.24) is 4.90 Å². The van der Waals surface area contributed by atoms with Gasteiger partial charge in [-0.2, -0.15) is 0 Å². The standard InChI is InChI=1S/C21H26N2O/c1-4-18-6-9-20(10-7-18)22-11-13-23(14-12-22)21(24)19-8-5-16(2)17(3)15-19/h5-10,15H,4,11-14H2,1-3H3. The summed E-state index contributed by atoms with van der Waals surface area (Å²) in [6, 6.07) is 14.8. The Hall–Kier alpha value is -2.29. The number of hydrogen-bond acceptors (Lipinski definition) is 2. The topological polar surface area (TPSA) is 23.6 Å². The van der Waals surface area contributed by atoms with Gasteiger partial charge in [-0.1, -0.05) is 25.1 Å². The molecule has 3 heteroatoms. The van der Waals surface area contributed by atoms with Gasteiger partial charge in [0, 0.05) is 37.4 Å². The van der Waals surface area contributed by atoms with E-state index in [1.54, 1.807) is 0 Å². The number of anilines is 1. The van der Waals surface area contributed by atoms with Crippen LogP contribution in [0.3, 0.4) is 0 Å². The largest absolute Gasteiger partial charge is 0.368 e. The first kappa shape index (κ1) is 16.6. The van der Waals surface area contributed by atoms with E-state index in [2.05, 4.69) is 49.9 Å². The minimum atomic E-state index is 0.152. The molecular formula is C21H26N2O. The lowest BCUT2D eigenvalue weighted by Gasteiger charge is -2.36. The molecule has 0 atom stereocenters. The van der Waals surface area contributed by atoms with Crippen molar-refractivity contribution < 1.29 is 4.79 Å². The number of hydrogen-bond donors (Lipinski definition) is 0. The second kappa shape index (κ2) is 7.08. The van der Waals surface area contributed by atoms with Crippen molar-refractivity contribution >= 4 is 11.6 Å². The third kappa shape index (κ3) is 3.45. The van der Waals surface area contributed by atoms with Crippen LogP contribution in [-0.4, -0.2) is 37.0 Å². The third-order valence-electron chi connectivity index (χ3n) is 5.03. The number of amides is 1. The number of carbonyl (C=O) groups excluding carboxylic acids is 1. The highest BCUT2D eigenvalue weighted by atomic mass is 16.2. The molecule has 24 heavy (non-hydrogen) atoms. The molecule has 126 valence electrons. The lowest BCUT2D eigenvalue weighted by atomic mass is 10.1. The molecule has 1 heterocycles. The van der Waals surface area contributed by atoms with E-state index in [1.807, 2.05) is 23.1 Å². The van der Waals surface area contributed by atoms with Crippen LogP contribution in [0.4, 0.5) is 5.69 Å². The monoisotopic (exact) mass is 322 g/mol. The van der Waals surface area contributed by atoms with Gasteiger partial charge in [0.2, 0.25) is 0 Å². The van der Waals surface area contributed by atoms with Crippen LogP contribution < -0.4 is 4.90 Å². The number of carbonyl (C=O) groups is 1. The Morgan fingerprint density at radius 2 is 1.58 bits per heavy atom. The Morgan fingerprint density at radius 1 is 0.917 bits per heavy atom. The molecule has 2 aromatic rings. The summed E-state index contributed by atoms with van der Waals surface area (Å²) in [5.74, 6) is 0.152. The first-order valence-corrected chi connectivity index (χ1v) is 8.79. The van der Waals surface area contributed by atoms with Gasteiger partial charge < -0.3 is 9.80 Å². The van der Waals surface area contributed by atoms with Crippen LogP contribution >= 0.6 is 0 Å². The molecule has 0 saturated carbocycles. The van der Waals surface area contributed by atoms with Gasteiger partial charge in [0.15, 0.2) is 0 Å². The zero-order chi connectivity index (χ0) is 17.1. The molecule has 0 aromatic heterocycles. The van der Waals surface area contributed by atoms with Crippen LogP contribution in [0.2, 0.25) is 0 Å². The summed E-state index contributed by atoms with van der Waals surface area (Å²) in [4.78, 5) is 17.0. The van der Waals surface area contributed by atoms with E-state index in [1.165, 1.54) is 22.4 Å². The van der Waals surface area contributed by atoms with Crippen LogP contribution in [0.25, 0.3) is 0 Å². The highest BCUT2D eigenvalue weighted by molar-refractivity contribution is 5.94. The quantitative estimate of drug-likeness (QED) is 0.857. The van der Waals surface area contributed by atoms with Gasteiger partial charge in [-0.25, -0.2) is 0 Å². The Balaban J connectivity index is 1.63. The summed E-state index contributed by atoms with van der Waals surface area (Å²) in [6.45, 7) is 9.65. The van der Waals surface area contributed by atoms with Gasteiger partial charge in [0.25, 0.3) is 5.91 Å². The molecule has 0 radical (unpaired) electrons. The number of rotatable bonds is 3. The summed E-state index contributed by atoms with van der Waals surface area (Å²) < 4.78 is 0. The summed E-state index contributed by atoms with van der Waals surface area (Å²) >= 11 is 0. The van der Waals surface area contributed by atoms with Crippen LogP contribution in [0.5, 0.6) is 0 Å². The van der Waals surface area contributed by atoms with E-state index in [9.17, 15) is 4.79 Å². The van der Waals surface area contributed by atoms with Crippen molar-refractivity contribution in [3.8, 4) is 0 Å². The van der Waals surface area contributed by atoms with E-state index >= 15 is 0 Å². The molecule has 0 bridgehead atoms. The molecule has 3 rings (SSSR count). The zero-order valence-electron chi connectivity index (χ0n) is 14.9. The van der Waals surface area contributed by atoms with Gasteiger partial charge in [-0.05, 0) is 61.2 Å². The second-order valence-electron chi connectivity index (χ2n) is 6.60. The predicted molar refractivity (Wildman–Crippen MR) is 99.9 cm³/mol. The maximum atomic E-state index is 12.7. The summed E-state index contributed by atoms with van der Waals surface area (Å²) in [7, 11) is 0. The Morgan fingerprint density at radius 3 is 2.17 bits per heavy atom. The van der Waals surface area contributed by atoms with Crippen molar-refractivity contribution in [2.45, 2.75) is 27.2 Å². The van der Waals surface area contributed by atoms with Crippen molar-refractivity contribution in [2.24, 2.45) is 0 Å². The van der Waals surface area contributed by atoms with E-state index < -0.39 is 0 Å². The smallest absolute Gasteiger partial charge is 0.253 e. The maximum Gasteiger partial charge on any atom is 0.253 e. The zero-order valence-corrected chi connectivity index (χ0v) is 14.9. The van der Waals surface area contributed by atoms with Gasteiger partial charge in [-0.15, -0.1) is 0 Å². The lowest BCUT2D eigenvalue weighted by molar-refractivity contribution is 0.0746. The molecule has 0 unspecified atom stereocenters. The molecule has 1 aliphatic heterocycles. The molecule has 2 aromatic carbocycles. The Bertz CT molecular complexity index is 713. The van der Waals surface area contributed by atoms with Crippen LogP contribution in [0.1, 0.15) is 34.0 Å². The summed E-state index contributed by atoms with van der Waals surface area (Å²) in [6.07, 6.45) is 1.07. The normalized spacial score (nSPS) is 14.8. The summed E-state index contributed by atoms with van der Waals surface area (Å²) in [5, 5.41) is 0. The molecule has 3 nitrogen and oxygen atoms in total. The number of aryl methyl sites for hydroxylation is 3. The molecule has 1 amide bonds. The minimum Gasteiger partial charge on any atom is -0.368 e. The van der Waals surface area contributed by atoms with E-state index in [0.29, 0.717) is 0 Å². The van der Waals surface area contributed by atoms with Gasteiger partial charge in [0.1, 0.15) is 0 Å². The van der Waals surface area contributed by atoms with Gasteiger partial charge in [-0.3, -0.25) is 4.79 Å². The number of piperazine rings is 1. The first-order chi connectivity index (χ1) is 11.6. The Labute approximate surface area is 144 Å². The molecule has 0 spiro atoms. The predicted octanol–water partition coefficient (Wildman–Crippen LogP) is 3.83. The van der Waals surface area contributed by atoms with E-state index in [0.717, 1.165) is 38.2 Å². The molecule has 0 aliphatic carbocycles. The second-order valence-corrected chi connectivity index (χ2v) is 6.60. The first-order valence-electron chi connectivity index (χ1n) is 8.79. The van der Waals surface area contributed by atoms with Crippen molar-refractivity contribution in [3.05, 3.63) is 64.7 Å². The van der Waals surface area contributed by atoms with Crippen LogP contribution in [0.15, 0.2) is 42.5 Å². The third-order valence-corrected chi connectivity index (χ3v) is 5.03. The number of benzene rings is 2. The average Bonchev–Trinajstić information content (AvgIpc) is 2.63. The van der Waals surface area contributed by atoms with Gasteiger partial charge >= 0.3 is 0 Å². The molecular weight excluding hydrogens is 296 g/mol. The molecule has 1 fully saturated rings. The van der Waals surface area contributed by atoms with Crippen molar-refractivity contribution in [3.63, 3.8) is 0 Å². The fourth-order valence-electron chi connectivity index (χ4n) is 3.17. The lowest BCUT2D eigenvalue weighted by Crippen LogP contribution is -2.48. The van der Waals surface area contributed by atoms with Crippen molar-refractivity contribution in [1.29, 1.82) is 0 Å².